The highest BCUT2D eigenvalue weighted by Gasteiger charge is 2.11. The Balaban J connectivity index is 1.54. The van der Waals surface area contributed by atoms with E-state index in [9.17, 15) is 4.79 Å². The van der Waals surface area contributed by atoms with Crippen molar-refractivity contribution in [1.82, 2.24) is 19.9 Å². The number of nitrogens with one attached hydrogen (secondary N) is 1. The average Bonchev–Trinajstić information content (AvgIpc) is 3.23. The van der Waals surface area contributed by atoms with Crippen LogP contribution in [0.15, 0.2) is 47.2 Å². The van der Waals surface area contributed by atoms with Crippen LogP contribution in [0.5, 0.6) is 0 Å². The van der Waals surface area contributed by atoms with Gasteiger partial charge in [-0.2, -0.15) is 10.1 Å². The quantitative estimate of drug-likeness (QED) is 0.752. The first-order valence-electron chi connectivity index (χ1n) is 7.84. The zero-order valence-electron chi connectivity index (χ0n) is 13.6. The number of carbonyl (C=O) groups is 1. The maximum atomic E-state index is 12.0. The maximum absolute atomic E-state index is 12.0. The van der Waals surface area contributed by atoms with Crippen LogP contribution in [-0.4, -0.2) is 25.8 Å². The van der Waals surface area contributed by atoms with Gasteiger partial charge in [0.05, 0.1) is 11.9 Å². The largest absolute Gasteiger partial charge is 0.339 e. The highest BCUT2D eigenvalue weighted by Crippen LogP contribution is 2.16. The molecule has 1 amide bonds. The molecule has 0 saturated carbocycles. The summed E-state index contributed by atoms with van der Waals surface area (Å²) in [5, 5.41) is 10.9. The molecule has 0 spiro atoms. The number of anilines is 1. The number of nitrogens with zero attached hydrogens (tertiary/aromatic N) is 4. The number of hydrogen-bond donors (Lipinski definition) is 1. The normalized spacial score (nSPS) is 11.0. The van der Waals surface area contributed by atoms with Crippen LogP contribution in [0, 0.1) is 0 Å². The highest BCUT2D eigenvalue weighted by molar-refractivity contribution is 5.90. The van der Waals surface area contributed by atoms with Gasteiger partial charge in [0.25, 0.3) is 0 Å². The lowest BCUT2D eigenvalue weighted by atomic mass is 10.2. The van der Waals surface area contributed by atoms with Crippen molar-refractivity contribution >= 4 is 11.6 Å². The van der Waals surface area contributed by atoms with Gasteiger partial charge in [-0.15, -0.1) is 0 Å². The third-order valence-electron chi connectivity index (χ3n) is 3.48. The van der Waals surface area contributed by atoms with Crippen molar-refractivity contribution in [2.45, 2.75) is 32.7 Å². The lowest BCUT2D eigenvalue weighted by molar-refractivity contribution is -0.116. The topological polar surface area (TPSA) is 85.8 Å². The molecule has 1 N–H and O–H groups in total. The Morgan fingerprint density at radius 3 is 2.79 bits per heavy atom. The van der Waals surface area contributed by atoms with Crippen molar-refractivity contribution in [2.24, 2.45) is 0 Å². The minimum atomic E-state index is -0.113. The number of aromatic nitrogens is 4. The molecular formula is C17H19N5O2. The molecule has 124 valence electrons. The smallest absolute Gasteiger partial charge is 0.227 e. The van der Waals surface area contributed by atoms with Crippen LogP contribution in [-0.2, 0) is 11.2 Å². The van der Waals surface area contributed by atoms with Gasteiger partial charge in [0, 0.05) is 30.6 Å². The standard InChI is InChI=1S/C17H19N5O2/c1-12(2)22-11-14(10-18-22)19-15(23)8-9-16-20-17(21-24-16)13-6-4-3-5-7-13/h3-7,10-12H,8-9H2,1-2H3,(H,19,23). The van der Waals surface area contributed by atoms with Crippen LogP contribution in [0.25, 0.3) is 11.4 Å². The molecule has 0 aliphatic heterocycles. The second kappa shape index (κ2) is 7.08. The summed E-state index contributed by atoms with van der Waals surface area (Å²) >= 11 is 0. The number of carbonyl (C=O) groups excluding carboxylic acids is 1. The summed E-state index contributed by atoms with van der Waals surface area (Å²) < 4.78 is 6.99. The first-order chi connectivity index (χ1) is 11.6. The Morgan fingerprint density at radius 1 is 1.29 bits per heavy atom. The summed E-state index contributed by atoms with van der Waals surface area (Å²) in [7, 11) is 0. The minimum absolute atomic E-state index is 0.113. The zero-order chi connectivity index (χ0) is 16.9. The first-order valence-corrected chi connectivity index (χ1v) is 7.84. The number of amides is 1. The minimum Gasteiger partial charge on any atom is -0.339 e. The van der Waals surface area contributed by atoms with Gasteiger partial charge in [-0.1, -0.05) is 35.5 Å². The molecule has 7 heteroatoms. The van der Waals surface area contributed by atoms with Gasteiger partial charge in [0.15, 0.2) is 0 Å². The van der Waals surface area contributed by atoms with Gasteiger partial charge < -0.3 is 9.84 Å². The predicted octanol–water partition coefficient (Wildman–Crippen LogP) is 3.09. The van der Waals surface area contributed by atoms with Gasteiger partial charge in [0.2, 0.25) is 17.6 Å². The van der Waals surface area contributed by atoms with E-state index in [0.29, 0.717) is 23.8 Å². The van der Waals surface area contributed by atoms with Gasteiger partial charge >= 0.3 is 0 Å². The molecule has 0 fully saturated rings. The fourth-order valence-electron chi connectivity index (χ4n) is 2.19. The second-order valence-electron chi connectivity index (χ2n) is 5.73. The summed E-state index contributed by atoms with van der Waals surface area (Å²) in [6.07, 6.45) is 4.11. The van der Waals surface area contributed by atoms with Crippen LogP contribution < -0.4 is 5.32 Å². The Bertz CT molecular complexity index is 807. The van der Waals surface area contributed by atoms with E-state index in [-0.39, 0.29) is 18.4 Å². The third kappa shape index (κ3) is 3.87. The van der Waals surface area contributed by atoms with Crippen LogP contribution in [0.1, 0.15) is 32.2 Å². The van der Waals surface area contributed by atoms with Crippen molar-refractivity contribution in [3.63, 3.8) is 0 Å². The monoisotopic (exact) mass is 325 g/mol. The molecule has 0 aliphatic carbocycles. The lowest BCUT2D eigenvalue weighted by Crippen LogP contribution is -2.12. The fourth-order valence-corrected chi connectivity index (χ4v) is 2.19. The lowest BCUT2D eigenvalue weighted by Gasteiger charge is -2.03. The Labute approximate surface area is 139 Å². The van der Waals surface area contributed by atoms with Crippen molar-refractivity contribution in [2.75, 3.05) is 5.32 Å². The van der Waals surface area contributed by atoms with Gasteiger partial charge in [-0.05, 0) is 13.8 Å². The maximum Gasteiger partial charge on any atom is 0.227 e. The number of aryl methyl sites for hydroxylation is 1. The summed E-state index contributed by atoms with van der Waals surface area (Å²) in [6.45, 7) is 4.05. The van der Waals surface area contributed by atoms with E-state index < -0.39 is 0 Å². The van der Waals surface area contributed by atoms with Crippen LogP contribution in [0.2, 0.25) is 0 Å². The molecule has 3 aromatic rings. The van der Waals surface area contributed by atoms with E-state index in [1.54, 1.807) is 10.9 Å². The third-order valence-corrected chi connectivity index (χ3v) is 3.48. The van der Waals surface area contributed by atoms with E-state index in [0.717, 1.165) is 5.56 Å². The molecular weight excluding hydrogens is 306 g/mol. The predicted molar refractivity (Wildman–Crippen MR) is 89.3 cm³/mol. The van der Waals surface area contributed by atoms with Gasteiger partial charge in [-0.25, -0.2) is 0 Å². The summed E-state index contributed by atoms with van der Waals surface area (Å²) in [5.74, 6) is 0.865. The summed E-state index contributed by atoms with van der Waals surface area (Å²) in [4.78, 5) is 16.3. The van der Waals surface area contributed by atoms with Crippen molar-refractivity contribution < 1.29 is 9.32 Å². The molecule has 0 atom stereocenters. The second-order valence-corrected chi connectivity index (χ2v) is 5.73. The molecule has 0 saturated heterocycles. The Morgan fingerprint density at radius 2 is 2.08 bits per heavy atom. The van der Waals surface area contributed by atoms with Crippen LogP contribution >= 0.6 is 0 Å². The van der Waals surface area contributed by atoms with Crippen LogP contribution in [0.3, 0.4) is 0 Å². The average molecular weight is 325 g/mol. The molecule has 3 rings (SSSR count). The highest BCUT2D eigenvalue weighted by atomic mass is 16.5. The van der Waals surface area contributed by atoms with E-state index in [2.05, 4.69) is 20.6 Å². The fraction of sp³-hybridized carbons (Fsp3) is 0.294. The van der Waals surface area contributed by atoms with Crippen molar-refractivity contribution in [3.8, 4) is 11.4 Å². The molecule has 0 bridgehead atoms. The zero-order valence-corrected chi connectivity index (χ0v) is 13.6. The van der Waals surface area contributed by atoms with Gasteiger partial charge in [-0.3, -0.25) is 9.48 Å². The molecule has 7 nitrogen and oxygen atoms in total. The first kappa shape index (κ1) is 15.9. The Hall–Kier alpha value is -2.96. The van der Waals surface area contributed by atoms with Gasteiger partial charge in [0.1, 0.15) is 0 Å². The van der Waals surface area contributed by atoms with Crippen molar-refractivity contribution in [3.05, 3.63) is 48.6 Å². The number of rotatable bonds is 6. The SMILES string of the molecule is CC(C)n1cc(NC(=O)CCc2nc(-c3ccccc3)no2)cn1. The molecule has 0 radical (unpaired) electrons. The number of benzene rings is 1. The molecule has 2 aromatic heterocycles. The molecule has 2 heterocycles. The van der Waals surface area contributed by atoms with E-state index in [1.807, 2.05) is 50.4 Å². The van der Waals surface area contributed by atoms with E-state index in [1.165, 1.54) is 0 Å². The molecule has 1 aromatic carbocycles. The summed E-state index contributed by atoms with van der Waals surface area (Å²) in [5.41, 5.74) is 1.57. The molecule has 0 unspecified atom stereocenters. The molecule has 0 aliphatic rings. The van der Waals surface area contributed by atoms with E-state index >= 15 is 0 Å². The Kier molecular flexibility index (Phi) is 4.69. The van der Waals surface area contributed by atoms with Crippen molar-refractivity contribution in [1.29, 1.82) is 0 Å². The van der Waals surface area contributed by atoms with E-state index in [4.69, 9.17) is 4.52 Å². The number of hydrogen-bond acceptors (Lipinski definition) is 5. The summed E-state index contributed by atoms with van der Waals surface area (Å²) in [6, 6.07) is 9.83. The van der Waals surface area contributed by atoms with Crippen LogP contribution in [0.4, 0.5) is 5.69 Å². The molecule has 24 heavy (non-hydrogen) atoms.